The molecule has 2 heterocycles. The Morgan fingerprint density at radius 3 is 2.69 bits per heavy atom. The van der Waals surface area contributed by atoms with Crippen molar-refractivity contribution in [2.24, 2.45) is 5.92 Å². The molecule has 0 bridgehead atoms. The van der Waals surface area contributed by atoms with Crippen molar-refractivity contribution >= 4 is 5.91 Å². The van der Waals surface area contributed by atoms with Crippen LogP contribution in [0.1, 0.15) is 44.9 Å². The molecular weight excluding hydrogens is 200 g/mol. The first kappa shape index (κ1) is 11.9. The van der Waals surface area contributed by atoms with E-state index in [0.717, 1.165) is 44.9 Å². The van der Waals surface area contributed by atoms with Crippen LogP contribution in [-0.4, -0.2) is 37.0 Å². The molecular formula is C13H24N2O. The van der Waals surface area contributed by atoms with E-state index in [-0.39, 0.29) is 0 Å². The zero-order chi connectivity index (χ0) is 11.2. The molecule has 3 heteroatoms. The third kappa shape index (κ3) is 3.48. The molecule has 2 aliphatic heterocycles. The topological polar surface area (TPSA) is 32.3 Å². The average Bonchev–Trinajstić information content (AvgIpc) is 2.38. The molecule has 0 spiro atoms. The van der Waals surface area contributed by atoms with Crippen LogP contribution in [0.5, 0.6) is 0 Å². The summed E-state index contributed by atoms with van der Waals surface area (Å²) >= 11 is 0. The molecule has 0 aromatic heterocycles. The molecule has 0 aromatic rings. The zero-order valence-corrected chi connectivity index (χ0v) is 10.2. The van der Waals surface area contributed by atoms with Gasteiger partial charge in [0.25, 0.3) is 0 Å². The van der Waals surface area contributed by atoms with E-state index in [4.69, 9.17) is 0 Å². The Balaban J connectivity index is 1.65. The van der Waals surface area contributed by atoms with Crippen molar-refractivity contribution in [3.8, 4) is 0 Å². The number of piperidine rings is 2. The second-order valence-electron chi connectivity index (χ2n) is 5.19. The molecule has 0 saturated carbocycles. The summed E-state index contributed by atoms with van der Waals surface area (Å²) in [6.45, 7) is 4.29. The van der Waals surface area contributed by atoms with Gasteiger partial charge in [-0.1, -0.05) is 0 Å². The lowest BCUT2D eigenvalue weighted by Crippen LogP contribution is -2.36. The predicted molar refractivity (Wildman–Crippen MR) is 65.3 cm³/mol. The highest BCUT2D eigenvalue weighted by Gasteiger charge is 2.19. The largest absolute Gasteiger partial charge is 0.343 e. The first-order valence-electron chi connectivity index (χ1n) is 6.85. The second kappa shape index (κ2) is 6.24. The molecule has 2 rings (SSSR count). The van der Waals surface area contributed by atoms with Crippen LogP contribution in [0.15, 0.2) is 0 Å². The lowest BCUT2D eigenvalue weighted by Gasteiger charge is -2.28. The van der Waals surface area contributed by atoms with Gasteiger partial charge in [0.05, 0.1) is 0 Å². The van der Waals surface area contributed by atoms with E-state index in [2.05, 4.69) is 10.2 Å². The van der Waals surface area contributed by atoms with E-state index in [9.17, 15) is 4.79 Å². The van der Waals surface area contributed by atoms with Gasteiger partial charge < -0.3 is 10.2 Å². The number of nitrogens with zero attached hydrogens (tertiary/aromatic N) is 1. The minimum Gasteiger partial charge on any atom is -0.343 e. The van der Waals surface area contributed by atoms with E-state index < -0.39 is 0 Å². The van der Waals surface area contributed by atoms with E-state index in [1.807, 2.05) is 0 Å². The van der Waals surface area contributed by atoms with Crippen LogP contribution in [0.2, 0.25) is 0 Å². The predicted octanol–water partition coefficient (Wildman–Crippen LogP) is 1.78. The summed E-state index contributed by atoms with van der Waals surface area (Å²) in [6, 6.07) is 0. The molecule has 1 atom stereocenters. The van der Waals surface area contributed by atoms with Gasteiger partial charge in [0, 0.05) is 19.5 Å². The molecule has 2 aliphatic rings. The highest BCUT2D eigenvalue weighted by atomic mass is 16.2. The third-order valence-electron chi connectivity index (χ3n) is 3.87. The lowest BCUT2D eigenvalue weighted by molar-refractivity contribution is -0.132. The van der Waals surface area contributed by atoms with Crippen LogP contribution >= 0.6 is 0 Å². The molecule has 16 heavy (non-hydrogen) atoms. The number of hydrogen-bond acceptors (Lipinski definition) is 2. The van der Waals surface area contributed by atoms with E-state index in [1.165, 1.54) is 32.1 Å². The molecule has 0 radical (unpaired) electrons. The van der Waals surface area contributed by atoms with Gasteiger partial charge in [-0.05, 0) is 57.5 Å². The van der Waals surface area contributed by atoms with Gasteiger partial charge in [0.1, 0.15) is 0 Å². The fraction of sp³-hybridized carbons (Fsp3) is 0.923. The van der Waals surface area contributed by atoms with Gasteiger partial charge in [-0.3, -0.25) is 4.79 Å². The number of rotatable bonds is 3. The van der Waals surface area contributed by atoms with E-state index >= 15 is 0 Å². The summed E-state index contributed by atoms with van der Waals surface area (Å²) < 4.78 is 0. The maximum atomic E-state index is 11.9. The molecule has 0 unspecified atom stereocenters. The molecule has 3 nitrogen and oxygen atoms in total. The van der Waals surface area contributed by atoms with Gasteiger partial charge in [-0.15, -0.1) is 0 Å². The number of carbonyl (C=O) groups excluding carboxylic acids is 1. The van der Waals surface area contributed by atoms with Crippen molar-refractivity contribution in [3.63, 3.8) is 0 Å². The van der Waals surface area contributed by atoms with Gasteiger partial charge in [-0.2, -0.15) is 0 Å². The number of nitrogens with one attached hydrogen (secondary N) is 1. The Morgan fingerprint density at radius 2 is 2.00 bits per heavy atom. The summed E-state index contributed by atoms with van der Waals surface area (Å²) in [6.07, 6.45) is 8.15. The fourth-order valence-electron chi connectivity index (χ4n) is 2.80. The number of hydrogen-bond donors (Lipinski definition) is 1. The van der Waals surface area contributed by atoms with Crippen LogP contribution in [0.25, 0.3) is 0 Å². The van der Waals surface area contributed by atoms with Crippen LogP contribution < -0.4 is 5.32 Å². The quantitative estimate of drug-likeness (QED) is 0.792. The molecule has 2 saturated heterocycles. The summed E-state index contributed by atoms with van der Waals surface area (Å²) in [7, 11) is 0. The zero-order valence-electron chi connectivity index (χ0n) is 10.2. The minimum absolute atomic E-state index is 0.394. The monoisotopic (exact) mass is 224 g/mol. The SMILES string of the molecule is O=C(CC[C@H]1CCCNC1)N1CCCCC1. The van der Waals surface area contributed by atoms with E-state index in [1.54, 1.807) is 0 Å². The van der Waals surface area contributed by atoms with Crippen LogP contribution in [0, 0.1) is 5.92 Å². The van der Waals surface area contributed by atoms with Crippen molar-refractivity contribution < 1.29 is 4.79 Å². The standard InChI is InChI=1S/C13H24N2O/c16-13(15-9-2-1-3-10-15)7-6-12-5-4-8-14-11-12/h12,14H,1-11H2/t12-/m1/s1. The first-order chi connectivity index (χ1) is 7.86. The molecule has 92 valence electrons. The maximum absolute atomic E-state index is 11.9. The molecule has 1 amide bonds. The lowest BCUT2D eigenvalue weighted by atomic mass is 9.94. The van der Waals surface area contributed by atoms with Crippen molar-refractivity contribution in [3.05, 3.63) is 0 Å². The number of carbonyl (C=O) groups is 1. The van der Waals surface area contributed by atoms with E-state index in [0.29, 0.717) is 5.91 Å². The van der Waals surface area contributed by atoms with Crippen molar-refractivity contribution in [2.45, 2.75) is 44.9 Å². The normalized spacial score (nSPS) is 26.8. The smallest absolute Gasteiger partial charge is 0.222 e. The van der Waals surface area contributed by atoms with Crippen molar-refractivity contribution in [2.75, 3.05) is 26.2 Å². The molecule has 0 aliphatic carbocycles. The number of likely N-dealkylation sites (tertiary alicyclic amines) is 1. The Labute approximate surface area is 98.6 Å². The molecule has 0 aromatic carbocycles. The summed E-state index contributed by atoms with van der Waals surface area (Å²) in [5, 5.41) is 3.41. The highest BCUT2D eigenvalue weighted by Crippen LogP contribution is 2.17. The van der Waals surface area contributed by atoms with Gasteiger partial charge in [0.2, 0.25) is 5.91 Å². The highest BCUT2D eigenvalue weighted by molar-refractivity contribution is 5.76. The Kier molecular flexibility index (Phi) is 4.64. The third-order valence-corrected chi connectivity index (χ3v) is 3.87. The second-order valence-corrected chi connectivity index (χ2v) is 5.19. The van der Waals surface area contributed by atoms with Gasteiger partial charge >= 0.3 is 0 Å². The van der Waals surface area contributed by atoms with Gasteiger partial charge in [-0.25, -0.2) is 0 Å². The summed E-state index contributed by atoms with van der Waals surface area (Å²) in [5.74, 6) is 1.13. The first-order valence-corrected chi connectivity index (χ1v) is 6.85. The molecule has 2 fully saturated rings. The number of amides is 1. The summed E-state index contributed by atoms with van der Waals surface area (Å²) in [5.41, 5.74) is 0. The minimum atomic E-state index is 0.394. The maximum Gasteiger partial charge on any atom is 0.222 e. The van der Waals surface area contributed by atoms with Crippen molar-refractivity contribution in [1.82, 2.24) is 10.2 Å². The van der Waals surface area contributed by atoms with Crippen LogP contribution in [0.3, 0.4) is 0 Å². The van der Waals surface area contributed by atoms with Crippen molar-refractivity contribution in [1.29, 1.82) is 0 Å². The fourth-order valence-corrected chi connectivity index (χ4v) is 2.80. The Hall–Kier alpha value is -0.570. The Morgan fingerprint density at radius 1 is 1.19 bits per heavy atom. The average molecular weight is 224 g/mol. The molecule has 1 N–H and O–H groups in total. The summed E-state index contributed by atoms with van der Waals surface area (Å²) in [4.78, 5) is 14.0. The van der Waals surface area contributed by atoms with Crippen LogP contribution in [-0.2, 0) is 4.79 Å². The van der Waals surface area contributed by atoms with Crippen LogP contribution in [0.4, 0.5) is 0 Å². The Bertz CT molecular complexity index is 218. The van der Waals surface area contributed by atoms with Gasteiger partial charge in [0.15, 0.2) is 0 Å².